The van der Waals surface area contributed by atoms with Crippen LogP contribution in [0.5, 0.6) is 0 Å². The van der Waals surface area contributed by atoms with Crippen molar-refractivity contribution in [2.45, 2.75) is 29.4 Å². The molecule has 0 saturated heterocycles. The lowest BCUT2D eigenvalue weighted by atomic mass is 9.91. The molecule has 0 spiro atoms. The first-order chi connectivity index (χ1) is 21.7. The first kappa shape index (κ1) is 25.7. The third-order valence-electron chi connectivity index (χ3n) is 9.31. The van der Waals surface area contributed by atoms with Crippen LogP contribution in [0, 0.1) is 5.92 Å². The summed E-state index contributed by atoms with van der Waals surface area (Å²) in [4.78, 5) is 11.9. The summed E-state index contributed by atoms with van der Waals surface area (Å²) in [6.45, 7) is 2.27. The molecule has 3 unspecified atom stereocenters. The van der Waals surface area contributed by atoms with Gasteiger partial charge in [-0.2, -0.15) is 0 Å². The molecule has 0 bridgehead atoms. The number of aromatic nitrogens is 2. The van der Waals surface area contributed by atoms with E-state index in [9.17, 15) is 0 Å². The van der Waals surface area contributed by atoms with Crippen molar-refractivity contribution in [2.24, 2.45) is 5.92 Å². The zero-order valence-corrected chi connectivity index (χ0v) is 25.3. The van der Waals surface area contributed by atoms with Crippen LogP contribution >= 0.6 is 11.8 Å². The second-order valence-corrected chi connectivity index (χ2v) is 13.3. The zero-order chi connectivity index (χ0) is 29.2. The number of nitrogens with zero attached hydrogens (tertiary/aromatic N) is 2. The van der Waals surface area contributed by atoms with Crippen molar-refractivity contribution < 1.29 is 0 Å². The molecule has 6 aromatic rings. The van der Waals surface area contributed by atoms with Gasteiger partial charge in [-0.1, -0.05) is 128 Å². The highest BCUT2D eigenvalue weighted by molar-refractivity contribution is 8.00. The molecule has 44 heavy (non-hydrogen) atoms. The average molecular weight is 583 g/mol. The van der Waals surface area contributed by atoms with E-state index in [1.165, 1.54) is 48.3 Å². The lowest BCUT2D eigenvalue weighted by molar-refractivity contribution is 0.739. The minimum Gasteiger partial charge on any atom is -0.228 e. The second-order valence-electron chi connectivity index (χ2n) is 12.2. The maximum absolute atomic E-state index is 5.32. The molecule has 0 amide bonds. The van der Waals surface area contributed by atoms with Crippen LogP contribution in [0.25, 0.3) is 60.5 Å². The Hall–Kier alpha value is -4.73. The highest BCUT2D eigenvalue weighted by atomic mass is 32.2. The van der Waals surface area contributed by atoms with Gasteiger partial charge >= 0.3 is 0 Å². The van der Waals surface area contributed by atoms with Crippen molar-refractivity contribution in [3.8, 4) is 22.6 Å². The van der Waals surface area contributed by atoms with Gasteiger partial charge in [-0.15, -0.1) is 11.8 Å². The van der Waals surface area contributed by atoms with Crippen LogP contribution in [0.2, 0.25) is 0 Å². The average Bonchev–Trinajstić information content (AvgIpc) is 3.47. The number of thioether (sulfide) groups is 1. The van der Waals surface area contributed by atoms with Crippen LogP contribution in [0.15, 0.2) is 138 Å². The SMILES string of the molecule is CC1C=C(c2cc(-c3ccc4c5ccccc5c5ccccc5c4c3)nc(-c3cccc4c3SC3C=CC=CC43)n2)C=CC1. The quantitative estimate of drug-likeness (QED) is 0.194. The Morgan fingerprint density at radius 1 is 0.682 bits per heavy atom. The van der Waals surface area contributed by atoms with Crippen LogP contribution in [-0.2, 0) is 0 Å². The van der Waals surface area contributed by atoms with E-state index in [2.05, 4.69) is 140 Å². The van der Waals surface area contributed by atoms with Crippen LogP contribution in [0.4, 0.5) is 0 Å². The van der Waals surface area contributed by atoms with Crippen LogP contribution in [-0.4, -0.2) is 15.2 Å². The molecular formula is C41H30N2S. The van der Waals surface area contributed by atoms with Gasteiger partial charge in [0, 0.05) is 27.2 Å². The van der Waals surface area contributed by atoms with Gasteiger partial charge in [-0.25, -0.2) is 9.97 Å². The van der Waals surface area contributed by atoms with Crippen molar-refractivity contribution in [1.82, 2.24) is 9.97 Å². The topological polar surface area (TPSA) is 25.8 Å². The Morgan fingerprint density at radius 3 is 2.16 bits per heavy atom. The number of rotatable bonds is 3. The molecule has 0 N–H and O–H groups in total. The van der Waals surface area contributed by atoms with Crippen molar-refractivity contribution in [2.75, 3.05) is 0 Å². The normalized spacial score (nSPS) is 20.3. The van der Waals surface area contributed by atoms with E-state index in [-0.39, 0.29) is 0 Å². The van der Waals surface area contributed by atoms with Crippen molar-refractivity contribution >= 4 is 49.7 Å². The third kappa shape index (κ3) is 4.11. The number of allylic oxidation sites excluding steroid dienone is 7. The van der Waals surface area contributed by atoms with Gasteiger partial charge in [0.25, 0.3) is 0 Å². The van der Waals surface area contributed by atoms with E-state index in [0.29, 0.717) is 17.1 Å². The molecular weight excluding hydrogens is 553 g/mol. The van der Waals surface area contributed by atoms with Gasteiger partial charge in [0.1, 0.15) is 0 Å². The molecule has 0 fully saturated rings. The summed E-state index contributed by atoms with van der Waals surface area (Å²) in [7, 11) is 0. The standard InChI is InChI=1S/C41H30N2S/c1-25-10-8-11-26(22-25)37-24-38(43-41(42-37)35-18-9-17-34-33-16-6-7-19-39(33)44-40(34)35)27-20-21-32-30-14-3-2-12-28(30)29-13-4-5-15-31(29)36(32)23-27/h2-9,11-25,33,39H,10H2,1H3. The lowest BCUT2D eigenvalue weighted by Gasteiger charge is -2.16. The molecule has 3 atom stereocenters. The van der Waals surface area contributed by atoms with E-state index < -0.39 is 0 Å². The summed E-state index contributed by atoms with van der Waals surface area (Å²) in [5.74, 6) is 1.68. The predicted molar refractivity (Wildman–Crippen MR) is 187 cm³/mol. The summed E-state index contributed by atoms with van der Waals surface area (Å²) in [5.41, 5.74) is 6.71. The highest BCUT2D eigenvalue weighted by Gasteiger charge is 2.33. The molecule has 0 radical (unpaired) electrons. The molecule has 1 aliphatic heterocycles. The van der Waals surface area contributed by atoms with Gasteiger partial charge in [-0.05, 0) is 67.9 Å². The number of hydrogen-bond acceptors (Lipinski definition) is 3. The summed E-state index contributed by atoms with van der Waals surface area (Å²) in [5, 5.41) is 8.07. The fourth-order valence-corrected chi connectivity index (χ4v) is 8.63. The highest BCUT2D eigenvalue weighted by Crippen LogP contribution is 2.51. The van der Waals surface area contributed by atoms with E-state index in [1.807, 2.05) is 11.8 Å². The predicted octanol–water partition coefficient (Wildman–Crippen LogP) is 10.9. The first-order valence-electron chi connectivity index (χ1n) is 15.5. The number of benzene rings is 5. The fraction of sp³-hybridized carbons (Fsp3) is 0.122. The van der Waals surface area contributed by atoms with Crippen molar-refractivity contribution in [1.29, 1.82) is 0 Å². The molecule has 2 heterocycles. The molecule has 3 heteroatoms. The van der Waals surface area contributed by atoms with Gasteiger partial charge in [-0.3, -0.25) is 0 Å². The Bertz CT molecular complexity index is 2240. The monoisotopic (exact) mass is 582 g/mol. The molecule has 3 aliphatic rings. The zero-order valence-electron chi connectivity index (χ0n) is 24.4. The minimum absolute atomic E-state index is 0.399. The van der Waals surface area contributed by atoms with Crippen LogP contribution in [0.1, 0.15) is 30.5 Å². The lowest BCUT2D eigenvalue weighted by Crippen LogP contribution is -2.06. The van der Waals surface area contributed by atoms with Crippen LogP contribution in [0.3, 0.4) is 0 Å². The number of hydrogen-bond donors (Lipinski definition) is 0. The smallest absolute Gasteiger partial charge is 0.161 e. The Kier molecular flexibility index (Phi) is 5.95. The van der Waals surface area contributed by atoms with E-state index in [1.54, 1.807) is 0 Å². The Balaban J connectivity index is 1.27. The summed E-state index contributed by atoms with van der Waals surface area (Å²) in [6, 6.07) is 33.2. The first-order valence-corrected chi connectivity index (χ1v) is 16.4. The third-order valence-corrected chi connectivity index (χ3v) is 10.7. The van der Waals surface area contributed by atoms with Gasteiger partial charge in [0.2, 0.25) is 0 Å². The van der Waals surface area contributed by atoms with Crippen molar-refractivity contribution in [3.63, 3.8) is 0 Å². The van der Waals surface area contributed by atoms with Crippen LogP contribution < -0.4 is 0 Å². The minimum atomic E-state index is 0.399. The van der Waals surface area contributed by atoms with Crippen molar-refractivity contribution in [3.05, 3.63) is 145 Å². The molecule has 2 aliphatic carbocycles. The molecule has 1 aromatic heterocycles. The summed E-state index contributed by atoms with van der Waals surface area (Å²) >= 11 is 1.94. The fourth-order valence-electron chi connectivity index (χ4n) is 7.18. The second kappa shape index (κ2) is 10.2. The summed E-state index contributed by atoms with van der Waals surface area (Å²) in [6.07, 6.45) is 16.9. The van der Waals surface area contributed by atoms with E-state index >= 15 is 0 Å². The largest absolute Gasteiger partial charge is 0.228 e. The van der Waals surface area contributed by atoms with Gasteiger partial charge in [0.05, 0.1) is 11.4 Å². The molecule has 2 nitrogen and oxygen atoms in total. The molecule has 210 valence electrons. The molecule has 5 aromatic carbocycles. The molecule has 0 saturated carbocycles. The van der Waals surface area contributed by atoms with E-state index in [4.69, 9.17) is 9.97 Å². The number of fused-ring (bicyclic) bond motifs is 9. The van der Waals surface area contributed by atoms with Gasteiger partial charge < -0.3 is 0 Å². The molecule has 9 rings (SSSR count). The Morgan fingerprint density at radius 2 is 1.39 bits per heavy atom. The van der Waals surface area contributed by atoms with Gasteiger partial charge in [0.15, 0.2) is 5.82 Å². The van der Waals surface area contributed by atoms with E-state index in [0.717, 1.165) is 34.8 Å². The Labute approximate surface area is 261 Å². The maximum atomic E-state index is 5.32. The maximum Gasteiger partial charge on any atom is 0.161 e. The summed E-state index contributed by atoms with van der Waals surface area (Å²) < 4.78 is 0.